The van der Waals surface area contributed by atoms with Crippen molar-refractivity contribution < 1.29 is 18.0 Å². The molecule has 0 bridgehead atoms. The molecule has 5 nitrogen and oxygen atoms in total. The van der Waals surface area contributed by atoms with Crippen LogP contribution in [0.5, 0.6) is 0 Å². The van der Waals surface area contributed by atoms with E-state index < -0.39 is 11.7 Å². The van der Waals surface area contributed by atoms with Gasteiger partial charge in [-0.2, -0.15) is 13.2 Å². The summed E-state index contributed by atoms with van der Waals surface area (Å²) in [6, 6.07) is 7.17. The zero-order valence-corrected chi connectivity index (χ0v) is 17.6. The Morgan fingerprint density at radius 3 is 2.40 bits per heavy atom. The van der Waals surface area contributed by atoms with Crippen LogP contribution < -0.4 is 0 Å². The summed E-state index contributed by atoms with van der Waals surface area (Å²) >= 11 is 1.37. The molecule has 0 saturated heterocycles. The van der Waals surface area contributed by atoms with Crippen molar-refractivity contribution in [3.05, 3.63) is 58.7 Å². The first-order valence-electron chi connectivity index (χ1n) is 9.61. The predicted octanol–water partition coefficient (Wildman–Crippen LogP) is 5.32. The molecular formula is C21H21F3N4OS. The van der Waals surface area contributed by atoms with Crippen LogP contribution in [0.1, 0.15) is 52.0 Å². The Morgan fingerprint density at radius 1 is 1.13 bits per heavy atom. The lowest BCUT2D eigenvalue weighted by molar-refractivity contribution is -0.137. The average molecular weight is 434 g/mol. The molecule has 0 aliphatic heterocycles. The maximum Gasteiger partial charge on any atom is 0.416 e. The molecule has 1 fully saturated rings. The molecule has 1 aromatic carbocycles. The molecule has 0 radical (unpaired) electrons. The second-order valence-electron chi connectivity index (χ2n) is 7.51. The van der Waals surface area contributed by atoms with E-state index in [1.807, 2.05) is 13.8 Å². The molecule has 4 rings (SSSR count). The zero-order chi connectivity index (χ0) is 21.6. The van der Waals surface area contributed by atoms with Crippen LogP contribution in [-0.2, 0) is 6.18 Å². The number of halogens is 3. The number of ketones is 1. The highest BCUT2D eigenvalue weighted by Crippen LogP contribution is 2.38. The monoisotopic (exact) mass is 434 g/mol. The number of hydrogen-bond acceptors (Lipinski definition) is 4. The van der Waals surface area contributed by atoms with E-state index in [4.69, 9.17) is 0 Å². The normalized spacial score (nSPS) is 14.3. The Labute approximate surface area is 176 Å². The number of hydrogen-bond donors (Lipinski definition) is 0. The van der Waals surface area contributed by atoms with Crippen LogP contribution in [-0.4, -0.2) is 30.9 Å². The maximum atomic E-state index is 12.9. The SMILES string of the molecule is Cc1cc(C(=O)CSc2nnc(C)n2C2CC2)c(C)n1-c1ccc(C(F)(F)F)cc1. The smallest absolute Gasteiger partial charge is 0.318 e. The Morgan fingerprint density at radius 2 is 1.80 bits per heavy atom. The highest BCUT2D eigenvalue weighted by atomic mass is 32.2. The summed E-state index contributed by atoms with van der Waals surface area (Å²) in [5.74, 6) is 1.03. The first kappa shape index (κ1) is 20.7. The number of aryl methyl sites for hydroxylation is 2. The molecule has 30 heavy (non-hydrogen) atoms. The number of rotatable bonds is 6. The topological polar surface area (TPSA) is 52.7 Å². The molecule has 2 heterocycles. The largest absolute Gasteiger partial charge is 0.416 e. The first-order valence-corrected chi connectivity index (χ1v) is 10.6. The average Bonchev–Trinajstić information content (AvgIpc) is 3.39. The number of carbonyl (C=O) groups is 1. The third kappa shape index (κ3) is 3.90. The lowest BCUT2D eigenvalue weighted by atomic mass is 10.1. The number of carbonyl (C=O) groups excluding carboxylic acids is 1. The molecule has 0 amide bonds. The van der Waals surface area contributed by atoms with Gasteiger partial charge in [-0.15, -0.1) is 10.2 Å². The molecule has 0 atom stereocenters. The van der Waals surface area contributed by atoms with E-state index >= 15 is 0 Å². The van der Waals surface area contributed by atoms with Crippen LogP contribution in [0, 0.1) is 20.8 Å². The Balaban J connectivity index is 1.54. The van der Waals surface area contributed by atoms with Crippen LogP contribution in [0.25, 0.3) is 5.69 Å². The van der Waals surface area contributed by atoms with Gasteiger partial charge >= 0.3 is 6.18 Å². The maximum absolute atomic E-state index is 12.9. The number of Topliss-reactive ketones (excluding diaryl/α,β-unsaturated/α-hetero) is 1. The zero-order valence-electron chi connectivity index (χ0n) is 16.8. The second-order valence-corrected chi connectivity index (χ2v) is 8.45. The van der Waals surface area contributed by atoms with Crippen molar-refractivity contribution in [1.82, 2.24) is 19.3 Å². The third-order valence-corrected chi connectivity index (χ3v) is 6.21. The van der Waals surface area contributed by atoms with E-state index in [1.54, 1.807) is 17.6 Å². The molecule has 9 heteroatoms. The van der Waals surface area contributed by atoms with Crippen molar-refractivity contribution in [2.75, 3.05) is 5.75 Å². The molecule has 1 saturated carbocycles. The summed E-state index contributed by atoms with van der Waals surface area (Å²) in [6.45, 7) is 5.55. The number of alkyl halides is 3. The van der Waals surface area contributed by atoms with Gasteiger partial charge in [0.25, 0.3) is 0 Å². The quantitative estimate of drug-likeness (QED) is 0.389. The van der Waals surface area contributed by atoms with Gasteiger partial charge in [0.15, 0.2) is 10.9 Å². The van der Waals surface area contributed by atoms with Gasteiger partial charge < -0.3 is 9.13 Å². The van der Waals surface area contributed by atoms with E-state index in [0.717, 1.165) is 41.6 Å². The Bertz CT molecular complexity index is 1090. The minimum Gasteiger partial charge on any atom is -0.318 e. The lowest BCUT2D eigenvalue weighted by Crippen LogP contribution is -2.08. The standard InChI is InChI=1S/C21H21F3N4OS/c1-12-10-18(13(2)27(12)16-6-4-15(5-7-16)21(22,23)24)19(29)11-30-20-26-25-14(3)28(20)17-8-9-17/h4-7,10,17H,8-9,11H2,1-3H3. The fourth-order valence-corrected chi connectivity index (χ4v) is 4.59. The van der Waals surface area contributed by atoms with Crippen LogP contribution in [0.3, 0.4) is 0 Å². The van der Waals surface area contributed by atoms with Crippen molar-refractivity contribution >= 4 is 17.5 Å². The van der Waals surface area contributed by atoms with Gasteiger partial charge in [-0.3, -0.25) is 4.79 Å². The van der Waals surface area contributed by atoms with Crippen LogP contribution in [0.4, 0.5) is 13.2 Å². The van der Waals surface area contributed by atoms with Gasteiger partial charge in [-0.1, -0.05) is 11.8 Å². The Hall–Kier alpha value is -2.55. The summed E-state index contributed by atoms with van der Waals surface area (Å²) in [5.41, 5.74) is 1.95. The van der Waals surface area contributed by atoms with Gasteiger partial charge in [0.2, 0.25) is 0 Å². The fraction of sp³-hybridized carbons (Fsp3) is 0.381. The van der Waals surface area contributed by atoms with Crippen molar-refractivity contribution in [2.45, 2.75) is 51.0 Å². The summed E-state index contributed by atoms with van der Waals surface area (Å²) < 4.78 is 42.4. The molecule has 2 aromatic heterocycles. The van der Waals surface area contributed by atoms with Gasteiger partial charge in [0, 0.05) is 28.7 Å². The van der Waals surface area contributed by atoms with Crippen molar-refractivity contribution in [3.8, 4) is 5.69 Å². The van der Waals surface area contributed by atoms with Gasteiger partial charge in [-0.05, 0) is 63.9 Å². The van der Waals surface area contributed by atoms with Crippen LogP contribution in [0.15, 0.2) is 35.5 Å². The summed E-state index contributed by atoms with van der Waals surface area (Å²) in [4.78, 5) is 12.9. The summed E-state index contributed by atoms with van der Waals surface area (Å²) in [7, 11) is 0. The molecule has 0 spiro atoms. The molecule has 1 aliphatic rings. The number of thioether (sulfide) groups is 1. The van der Waals surface area contributed by atoms with Gasteiger partial charge in [0.05, 0.1) is 11.3 Å². The van der Waals surface area contributed by atoms with Crippen molar-refractivity contribution in [3.63, 3.8) is 0 Å². The van der Waals surface area contributed by atoms with E-state index in [2.05, 4.69) is 14.8 Å². The first-order chi connectivity index (χ1) is 14.2. The number of benzene rings is 1. The van der Waals surface area contributed by atoms with Crippen LogP contribution >= 0.6 is 11.8 Å². The van der Waals surface area contributed by atoms with E-state index in [0.29, 0.717) is 23.0 Å². The molecule has 3 aromatic rings. The van der Waals surface area contributed by atoms with Crippen molar-refractivity contribution in [1.29, 1.82) is 0 Å². The van der Waals surface area contributed by atoms with Crippen molar-refractivity contribution in [2.24, 2.45) is 0 Å². The summed E-state index contributed by atoms with van der Waals surface area (Å²) in [5, 5.41) is 9.06. The van der Waals surface area contributed by atoms with Crippen LogP contribution in [0.2, 0.25) is 0 Å². The molecule has 0 N–H and O–H groups in total. The minimum atomic E-state index is -4.38. The van der Waals surface area contributed by atoms with Gasteiger partial charge in [0.1, 0.15) is 5.82 Å². The summed E-state index contributed by atoms with van der Waals surface area (Å²) in [6.07, 6.45) is -2.17. The lowest BCUT2D eigenvalue weighted by Gasteiger charge is -2.12. The highest BCUT2D eigenvalue weighted by molar-refractivity contribution is 7.99. The number of aromatic nitrogens is 4. The molecule has 1 aliphatic carbocycles. The van der Waals surface area contributed by atoms with E-state index in [9.17, 15) is 18.0 Å². The second kappa shape index (κ2) is 7.61. The van der Waals surface area contributed by atoms with E-state index in [1.165, 1.54) is 23.9 Å². The Kier molecular flexibility index (Phi) is 5.25. The van der Waals surface area contributed by atoms with Gasteiger partial charge in [-0.25, -0.2) is 0 Å². The molecule has 158 valence electrons. The predicted molar refractivity (Wildman–Crippen MR) is 108 cm³/mol. The highest BCUT2D eigenvalue weighted by Gasteiger charge is 2.30. The fourth-order valence-electron chi connectivity index (χ4n) is 3.65. The molecular weight excluding hydrogens is 413 g/mol. The third-order valence-electron chi connectivity index (χ3n) is 5.26. The molecule has 0 unspecified atom stereocenters. The van der Waals surface area contributed by atoms with E-state index in [-0.39, 0.29) is 11.5 Å². The minimum absolute atomic E-state index is 0.0470. The number of nitrogens with zero attached hydrogens (tertiary/aromatic N) is 4.